The molecule has 2 aromatic rings. The molecule has 0 spiro atoms. The molecule has 0 amide bonds. The molecule has 0 saturated carbocycles. The number of rotatable bonds is 2. The number of halogens is 1. The van der Waals surface area contributed by atoms with Crippen molar-refractivity contribution >= 4 is 15.9 Å². The fourth-order valence-electron chi connectivity index (χ4n) is 1.02. The lowest BCUT2D eigenvalue weighted by Crippen LogP contribution is -1.79. The third kappa shape index (κ3) is 1.66. The minimum absolute atomic E-state index is 0.0467. The molecule has 0 saturated heterocycles. The van der Waals surface area contributed by atoms with Gasteiger partial charge in [-0.05, 0) is 34.1 Å². The maximum atomic E-state index is 8.79. The van der Waals surface area contributed by atoms with Crippen LogP contribution < -0.4 is 0 Å². The summed E-state index contributed by atoms with van der Waals surface area (Å²) in [5.41, 5.74) is 1.36. The van der Waals surface area contributed by atoms with Gasteiger partial charge in [0.2, 0.25) is 0 Å². The maximum Gasteiger partial charge on any atom is 0.169 e. The first-order chi connectivity index (χ1) is 6.29. The first kappa shape index (κ1) is 8.52. The number of hydrogen-bond acceptors (Lipinski definition) is 3. The molecule has 0 aliphatic heterocycles. The van der Waals surface area contributed by atoms with Crippen LogP contribution in [0.5, 0.6) is 0 Å². The Kier molecular flexibility index (Phi) is 2.20. The first-order valence-corrected chi connectivity index (χ1v) is 4.50. The van der Waals surface area contributed by atoms with Crippen LogP contribution >= 0.6 is 15.9 Å². The standard InChI is InChI=1S/C8H7BrN2O2/c9-8-2-1-7(13-8)6-3-5(4-12)10-11-6/h1-3,12H,4H2,(H,10,11). The number of aromatic nitrogens is 2. The van der Waals surface area contributed by atoms with Crippen LogP contribution in [0.15, 0.2) is 27.3 Å². The van der Waals surface area contributed by atoms with Gasteiger partial charge in [-0.15, -0.1) is 0 Å². The van der Waals surface area contributed by atoms with Crippen molar-refractivity contribution in [3.8, 4) is 11.5 Å². The average molecular weight is 243 g/mol. The van der Waals surface area contributed by atoms with Gasteiger partial charge in [0.15, 0.2) is 10.4 Å². The Labute approximate surface area is 82.7 Å². The summed E-state index contributed by atoms with van der Waals surface area (Å²) in [6.45, 7) is -0.0467. The Morgan fingerprint density at radius 1 is 1.54 bits per heavy atom. The van der Waals surface area contributed by atoms with E-state index in [0.29, 0.717) is 21.8 Å². The van der Waals surface area contributed by atoms with Crippen LogP contribution in [0.25, 0.3) is 11.5 Å². The smallest absolute Gasteiger partial charge is 0.169 e. The predicted octanol–water partition coefficient (Wildman–Crippen LogP) is 1.92. The highest BCUT2D eigenvalue weighted by molar-refractivity contribution is 9.10. The molecule has 68 valence electrons. The normalized spacial score (nSPS) is 10.6. The summed E-state index contributed by atoms with van der Waals surface area (Å²) in [7, 11) is 0. The molecule has 0 unspecified atom stereocenters. The molecule has 13 heavy (non-hydrogen) atoms. The van der Waals surface area contributed by atoms with E-state index in [0.717, 1.165) is 0 Å². The molecule has 0 fully saturated rings. The minimum Gasteiger partial charge on any atom is -0.448 e. The van der Waals surface area contributed by atoms with Crippen molar-refractivity contribution in [2.45, 2.75) is 6.61 Å². The molecule has 0 aromatic carbocycles. The summed E-state index contributed by atoms with van der Waals surface area (Å²) in [5.74, 6) is 0.669. The summed E-state index contributed by atoms with van der Waals surface area (Å²) < 4.78 is 5.94. The van der Waals surface area contributed by atoms with Gasteiger partial charge in [-0.25, -0.2) is 0 Å². The molecular weight excluding hydrogens is 236 g/mol. The summed E-state index contributed by atoms with van der Waals surface area (Å²) in [6, 6.07) is 5.34. The number of furan rings is 1. The molecule has 2 rings (SSSR count). The molecule has 0 aliphatic rings. The van der Waals surface area contributed by atoms with E-state index in [1.807, 2.05) is 0 Å². The lowest BCUT2D eigenvalue weighted by molar-refractivity contribution is 0.276. The van der Waals surface area contributed by atoms with Gasteiger partial charge in [-0.2, -0.15) is 5.10 Å². The van der Waals surface area contributed by atoms with Crippen molar-refractivity contribution in [2.24, 2.45) is 0 Å². The number of aromatic amines is 1. The van der Waals surface area contributed by atoms with E-state index in [1.54, 1.807) is 18.2 Å². The number of aliphatic hydroxyl groups is 1. The summed E-state index contributed by atoms with van der Waals surface area (Å²) in [4.78, 5) is 0. The molecule has 2 heterocycles. The molecule has 2 aromatic heterocycles. The Morgan fingerprint density at radius 2 is 2.38 bits per heavy atom. The third-order valence-corrected chi connectivity index (χ3v) is 2.05. The zero-order valence-corrected chi connectivity index (χ0v) is 8.21. The summed E-state index contributed by atoms with van der Waals surface area (Å²) >= 11 is 3.20. The van der Waals surface area contributed by atoms with Gasteiger partial charge in [0.05, 0.1) is 12.3 Å². The Morgan fingerprint density at radius 3 is 2.92 bits per heavy atom. The fraction of sp³-hybridized carbons (Fsp3) is 0.125. The Hall–Kier alpha value is -1.07. The third-order valence-electron chi connectivity index (χ3n) is 1.63. The Balaban J connectivity index is 2.35. The van der Waals surface area contributed by atoms with E-state index in [2.05, 4.69) is 26.1 Å². The van der Waals surface area contributed by atoms with Crippen LogP contribution in [0.4, 0.5) is 0 Å². The second-order valence-electron chi connectivity index (χ2n) is 2.54. The number of aliphatic hydroxyl groups excluding tert-OH is 1. The van der Waals surface area contributed by atoms with E-state index in [-0.39, 0.29) is 6.61 Å². The van der Waals surface area contributed by atoms with Gasteiger partial charge in [-0.3, -0.25) is 5.10 Å². The van der Waals surface area contributed by atoms with Crippen molar-refractivity contribution < 1.29 is 9.52 Å². The van der Waals surface area contributed by atoms with Crippen LogP contribution in [0.2, 0.25) is 0 Å². The van der Waals surface area contributed by atoms with Crippen molar-refractivity contribution in [2.75, 3.05) is 0 Å². The zero-order chi connectivity index (χ0) is 9.26. The van der Waals surface area contributed by atoms with Crippen molar-refractivity contribution in [3.63, 3.8) is 0 Å². The van der Waals surface area contributed by atoms with E-state index < -0.39 is 0 Å². The quantitative estimate of drug-likeness (QED) is 0.846. The largest absolute Gasteiger partial charge is 0.448 e. The van der Waals surface area contributed by atoms with E-state index >= 15 is 0 Å². The van der Waals surface area contributed by atoms with E-state index in [9.17, 15) is 0 Å². The van der Waals surface area contributed by atoms with E-state index in [1.165, 1.54) is 0 Å². The first-order valence-electron chi connectivity index (χ1n) is 3.70. The summed E-state index contributed by atoms with van der Waals surface area (Å²) in [6.07, 6.45) is 0. The monoisotopic (exact) mass is 242 g/mol. The highest BCUT2D eigenvalue weighted by Gasteiger charge is 2.06. The maximum absolute atomic E-state index is 8.79. The van der Waals surface area contributed by atoms with Crippen LogP contribution in [-0.4, -0.2) is 15.3 Å². The molecule has 5 heteroatoms. The highest BCUT2D eigenvalue weighted by atomic mass is 79.9. The summed E-state index contributed by atoms with van der Waals surface area (Å²) in [5, 5.41) is 15.5. The topological polar surface area (TPSA) is 62.1 Å². The van der Waals surface area contributed by atoms with Crippen LogP contribution in [-0.2, 0) is 6.61 Å². The van der Waals surface area contributed by atoms with Crippen LogP contribution in [0.3, 0.4) is 0 Å². The number of nitrogens with zero attached hydrogens (tertiary/aromatic N) is 1. The molecule has 0 radical (unpaired) electrons. The van der Waals surface area contributed by atoms with Crippen LogP contribution in [0, 0.1) is 0 Å². The van der Waals surface area contributed by atoms with Gasteiger partial charge in [-0.1, -0.05) is 0 Å². The predicted molar refractivity (Wildman–Crippen MR) is 49.9 cm³/mol. The zero-order valence-electron chi connectivity index (χ0n) is 6.62. The highest BCUT2D eigenvalue weighted by Crippen LogP contribution is 2.23. The lowest BCUT2D eigenvalue weighted by Gasteiger charge is -1.85. The molecule has 2 N–H and O–H groups in total. The van der Waals surface area contributed by atoms with Crippen molar-refractivity contribution in [1.82, 2.24) is 10.2 Å². The SMILES string of the molecule is OCc1cc(-c2ccc(Br)o2)n[nH]1. The molecule has 0 aliphatic carbocycles. The molecule has 4 nitrogen and oxygen atoms in total. The minimum atomic E-state index is -0.0467. The molecular formula is C8H7BrN2O2. The van der Waals surface area contributed by atoms with E-state index in [4.69, 9.17) is 9.52 Å². The van der Waals surface area contributed by atoms with Crippen LogP contribution in [0.1, 0.15) is 5.69 Å². The van der Waals surface area contributed by atoms with Gasteiger partial charge < -0.3 is 9.52 Å². The fourth-order valence-corrected chi connectivity index (χ4v) is 1.33. The molecule has 0 atom stereocenters. The Bertz CT molecular complexity index is 408. The van der Waals surface area contributed by atoms with Gasteiger partial charge >= 0.3 is 0 Å². The number of H-pyrrole nitrogens is 1. The number of hydrogen-bond donors (Lipinski definition) is 2. The van der Waals surface area contributed by atoms with Gasteiger partial charge in [0, 0.05) is 0 Å². The van der Waals surface area contributed by atoms with Gasteiger partial charge in [0.1, 0.15) is 5.69 Å². The second kappa shape index (κ2) is 3.35. The van der Waals surface area contributed by atoms with Gasteiger partial charge in [0.25, 0.3) is 0 Å². The van der Waals surface area contributed by atoms with Crippen molar-refractivity contribution in [3.05, 3.63) is 28.6 Å². The molecule has 0 bridgehead atoms. The lowest BCUT2D eigenvalue weighted by atomic mass is 10.3. The number of nitrogens with one attached hydrogen (secondary N) is 1. The van der Waals surface area contributed by atoms with Crippen molar-refractivity contribution in [1.29, 1.82) is 0 Å². The average Bonchev–Trinajstić information content (AvgIpc) is 2.71. The second-order valence-corrected chi connectivity index (χ2v) is 3.32.